The average molecular weight is 256 g/mol. The van der Waals surface area contributed by atoms with Crippen molar-refractivity contribution < 1.29 is 4.42 Å². The van der Waals surface area contributed by atoms with Crippen LogP contribution in [0, 0.1) is 0 Å². The van der Waals surface area contributed by atoms with Crippen molar-refractivity contribution in [1.29, 1.82) is 0 Å². The topological polar surface area (TPSA) is 54.2 Å². The lowest BCUT2D eigenvalue weighted by molar-refractivity contribution is 0.443. The van der Waals surface area contributed by atoms with E-state index >= 15 is 0 Å². The summed E-state index contributed by atoms with van der Waals surface area (Å²) in [6.45, 7) is 4.83. The average Bonchev–Trinajstić information content (AvgIpc) is 2.97. The van der Waals surface area contributed by atoms with Crippen LogP contribution in [0.1, 0.15) is 26.2 Å². The van der Waals surface area contributed by atoms with Gasteiger partial charge in [0.1, 0.15) is 0 Å². The lowest BCUT2D eigenvalue weighted by Gasteiger charge is -2.20. The van der Waals surface area contributed by atoms with Crippen molar-refractivity contribution in [2.24, 2.45) is 0 Å². The summed E-state index contributed by atoms with van der Waals surface area (Å²) in [6, 6.07) is 1.60. The number of nitrogens with one attached hydrogen (secondary N) is 1. The van der Waals surface area contributed by atoms with Gasteiger partial charge in [-0.25, -0.2) is 0 Å². The fourth-order valence-corrected chi connectivity index (χ4v) is 3.00. The summed E-state index contributed by atoms with van der Waals surface area (Å²) in [7, 11) is 2.03. The first kappa shape index (κ1) is 12.7. The van der Waals surface area contributed by atoms with E-state index in [4.69, 9.17) is 4.42 Å². The Labute approximate surface area is 106 Å². The molecule has 0 saturated carbocycles. The number of thioether (sulfide) groups is 1. The molecule has 0 amide bonds. The minimum atomic E-state index is 0.425. The summed E-state index contributed by atoms with van der Waals surface area (Å²) >= 11 is 1.98. The van der Waals surface area contributed by atoms with Crippen LogP contribution in [0.4, 0.5) is 6.01 Å². The molecule has 1 aliphatic rings. The molecule has 1 aliphatic heterocycles. The minimum Gasteiger partial charge on any atom is -0.407 e. The molecule has 1 aromatic rings. The van der Waals surface area contributed by atoms with Crippen LogP contribution in [0.2, 0.25) is 0 Å². The van der Waals surface area contributed by atoms with Crippen LogP contribution in [0.15, 0.2) is 4.42 Å². The second-order valence-corrected chi connectivity index (χ2v) is 5.79. The zero-order chi connectivity index (χ0) is 12.3. The summed E-state index contributed by atoms with van der Waals surface area (Å²) in [5.74, 6) is 3.04. The van der Waals surface area contributed by atoms with Crippen molar-refractivity contribution in [3.8, 4) is 0 Å². The third-order valence-electron chi connectivity index (χ3n) is 2.87. The molecule has 2 rings (SSSR count). The molecule has 1 N–H and O–H groups in total. The molecule has 0 bridgehead atoms. The van der Waals surface area contributed by atoms with Gasteiger partial charge in [0, 0.05) is 24.9 Å². The smallest absolute Gasteiger partial charge is 0.318 e. The monoisotopic (exact) mass is 256 g/mol. The van der Waals surface area contributed by atoms with E-state index < -0.39 is 0 Å². The number of hydrogen-bond donors (Lipinski definition) is 1. The van der Waals surface area contributed by atoms with E-state index in [1.54, 1.807) is 0 Å². The fraction of sp³-hybridized carbons (Fsp3) is 0.818. The van der Waals surface area contributed by atoms with Crippen LogP contribution in [0.25, 0.3) is 0 Å². The molecule has 1 saturated heterocycles. The zero-order valence-electron chi connectivity index (χ0n) is 10.6. The van der Waals surface area contributed by atoms with Crippen LogP contribution in [0.3, 0.4) is 0 Å². The maximum absolute atomic E-state index is 5.64. The molecular formula is C11H20N4OS. The van der Waals surface area contributed by atoms with Gasteiger partial charge < -0.3 is 14.6 Å². The Bertz CT molecular complexity index is 349. The van der Waals surface area contributed by atoms with E-state index in [-0.39, 0.29) is 0 Å². The summed E-state index contributed by atoms with van der Waals surface area (Å²) in [5, 5.41) is 11.4. The molecule has 0 aromatic carbocycles. The normalized spacial score (nSPS) is 20.1. The molecule has 1 atom stereocenters. The summed E-state index contributed by atoms with van der Waals surface area (Å²) in [6.07, 6.45) is 1.20. The molecule has 96 valence electrons. The standard InChI is InChI=1S/C11H20N4OS/c1-8(2)12-6-10-13-14-11(16-10)15(3)9-4-5-17-7-9/h8-9,12H,4-7H2,1-3H3. The lowest BCUT2D eigenvalue weighted by Crippen LogP contribution is -2.31. The summed E-state index contributed by atoms with van der Waals surface area (Å²) < 4.78 is 5.64. The van der Waals surface area contributed by atoms with E-state index in [2.05, 4.69) is 34.3 Å². The van der Waals surface area contributed by atoms with Crippen LogP contribution in [-0.2, 0) is 6.54 Å². The first-order valence-corrected chi connectivity index (χ1v) is 7.18. The van der Waals surface area contributed by atoms with Crippen LogP contribution in [0.5, 0.6) is 0 Å². The predicted octanol–water partition coefficient (Wildman–Crippen LogP) is 1.51. The van der Waals surface area contributed by atoms with E-state index in [0.717, 1.165) is 5.75 Å². The molecule has 0 spiro atoms. The Morgan fingerprint density at radius 2 is 2.35 bits per heavy atom. The highest BCUT2D eigenvalue weighted by atomic mass is 32.2. The summed E-state index contributed by atoms with van der Waals surface area (Å²) in [5.41, 5.74) is 0. The highest BCUT2D eigenvalue weighted by Gasteiger charge is 2.23. The van der Waals surface area contributed by atoms with Gasteiger partial charge in [-0.3, -0.25) is 0 Å². The SMILES string of the molecule is CC(C)NCc1nnc(N(C)C2CCSC2)o1. The van der Waals surface area contributed by atoms with E-state index in [0.29, 0.717) is 30.5 Å². The molecule has 5 nitrogen and oxygen atoms in total. The van der Waals surface area contributed by atoms with E-state index in [9.17, 15) is 0 Å². The van der Waals surface area contributed by atoms with Crippen LogP contribution in [-0.4, -0.2) is 40.8 Å². The maximum atomic E-state index is 5.64. The molecular weight excluding hydrogens is 236 g/mol. The predicted molar refractivity (Wildman–Crippen MR) is 70.4 cm³/mol. The van der Waals surface area contributed by atoms with Gasteiger partial charge in [-0.05, 0) is 12.2 Å². The Balaban J connectivity index is 1.92. The molecule has 1 fully saturated rings. The third-order valence-corrected chi connectivity index (χ3v) is 4.02. The molecule has 17 heavy (non-hydrogen) atoms. The van der Waals surface area contributed by atoms with Gasteiger partial charge in [-0.1, -0.05) is 18.9 Å². The maximum Gasteiger partial charge on any atom is 0.318 e. The second-order valence-electron chi connectivity index (χ2n) is 4.64. The Morgan fingerprint density at radius 3 is 3.00 bits per heavy atom. The van der Waals surface area contributed by atoms with Gasteiger partial charge in [0.2, 0.25) is 5.89 Å². The number of nitrogens with zero attached hydrogens (tertiary/aromatic N) is 3. The van der Waals surface area contributed by atoms with Crippen molar-refractivity contribution in [2.75, 3.05) is 23.5 Å². The van der Waals surface area contributed by atoms with Crippen molar-refractivity contribution in [1.82, 2.24) is 15.5 Å². The molecule has 2 heterocycles. The second kappa shape index (κ2) is 5.73. The Kier molecular flexibility index (Phi) is 4.28. The van der Waals surface area contributed by atoms with Gasteiger partial charge in [0.25, 0.3) is 0 Å². The first-order chi connectivity index (χ1) is 8.16. The highest BCUT2D eigenvalue weighted by Crippen LogP contribution is 2.24. The van der Waals surface area contributed by atoms with E-state index in [1.807, 2.05) is 18.8 Å². The number of aromatic nitrogens is 2. The Morgan fingerprint density at radius 1 is 1.53 bits per heavy atom. The number of anilines is 1. The van der Waals surface area contributed by atoms with Crippen molar-refractivity contribution in [3.05, 3.63) is 5.89 Å². The lowest BCUT2D eigenvalue weighted by atomic mass is 10.2. The van der Waals surface area contributed by atoms with Crippen molar-refractivity contribution >= 4 is 17.8 Å². The number of rotatable bonds is 5. The first-order valence-electron chi connectivity index (χ1n) is 6.03. The molecule has 0 aliphatic carbocycles. The fourth-order valence-electron chi connectivity index (χ4n) is 1.73. The summed E-state index contributed by atoms with van der Waals surface area (Å²) in [4.78, 5) is 2.10. The quantitative estimate of drug-likeness (QED) is 0.862. The van der Waals surface area contributed by atoms with Crippen LogP contribution < -0.4 is 10.2 Å². The van der Waals surface area contributed by atoms with Gasteiger partial charge in [-0.15, -0.1) is 5.10 Å². The molecule has 1 aromatic heterocycles. The van der Waals surface area contributed by atoms with E-state index in [1.165, 1.54) is 12.2 Å². The molecule has 0 radical (unpaired) electrons. The molecule has 6 heteroatoms. The van der Waals surface area contributed by atoms with Gasteiger partial charge in [0.05, 0.1) is 6.54 Å². The van der Waals surface area contributed by atoms with Gasteiger partial charge in [-0.2, -0.15) is 11.8 Å². The largest absolute Gasteiger partial charge is 0.407 e. The van der Waals surface area contributed by atoms with Crippen LogP contribution >= 0.6 is 11.8 Å². The zero-order valence-corrected chi connectivity index (χ0v) is 11.5. The molecule has 1 unspecified atom stereocenters. The highest BCUT2D eigenvalue weighted by molar-refractivity contribution is 7.99. The van der Waals surface area contributed by atoms with Gasteiger partial charge >= 0.3 is 6.01 Å². The Hall–Kier alpha value is -0.750. The van der Waals surface area contributed by atoms with Gasteiger partial charge in [0.15, 0.2) is 0 Å². The van der Waals surface area contributed by atoms with Crippen molar-refractivity contribution in [3.63, 3.8) is 0 Å². The number of hydrogen-bond acceptors (Lipinski definition) is 6. The third kappa shape index (κ3) is 3.35. The van der Waals surface area contributed by atoms with Crippen molar-refractivity contribution in [2.45, 2.75) is 38.9 Å². The minimum absolute atomic E-state index is 0.425.